The Hall–Kier alpha value is -3.83. The quantitative estimate of drug-likeness (QED) is 0.151. The van der Waals surface area contributed by atoms with Crippen LogP contribution in [0.3, 0.4) is 0 Å². The van der Waals surface area contributed by atoms with Crippen LogP contribution < -0.4 is 15.5 Å². The third-order valence-corrected chi connectivity index (χ3v) is 7.64. The van der Waals surface area contributed by atoms with Crippen LogP contribution in [0.4, 0.5) is 5.00 Å². The lowest BCUT2D eigenvalue weighted by molar-refractivity contribution is -0.136. The molecule has 11 heteroatoms. The zero-order chi connectivity index (χ0) is 26.4. The maximum Gasteiger partial charge on any atom is 0.353 e. The van der Waals surface area contributed by atoms with Crippen molar-refractivity contribution in [3.05, 3.63) is 68.2 Å². The van der Waals surface area contributed by atoms with Gasteiger partial charge >= 0.3 is 23.8 Å². The molecule has 0 aliphatic heterocycles. The number of carbonyl (C=O) groups is 4. The van der Waals surface area contributed by atoms with Gasteiger partial charge in [-0.05, 0) is 78.9 Å². The van der Waals surface area contributed by atoms with Gasteiger partial charge in [0, 0.05) is 4.88 Å². The van der Waals surface area contributed by atoms with E-state index in [1.807, 2.05) is 0 Å². The van der Waals surface area contributed by atoms with Crippen LogP contribution in [0.5, 0.6) is 5.75 Å². The van der Waals surface area contributed by atoms with E-state index < -0.39 is 23.8 Å². The number of esters is 2. The minimum absolute atomic E-state index is 0.209. The Morgan fingerprint density at radius 3 is 2.59 bits per heavy atom. The second kappa shape index (κ2) is 11.9. The predicted octanol–water partition coefficient (Wildman–Crippen LogP) is 4.42. The van der Waals surface area contributed by atoms with Crippen LogP contribution in [0, 0.1) is 5.92 Å². The molecule has 0 fully saturated rings. The molecule has 0 saturated carbocycles. The molecule has 3 aromatic rings. The summed E-state index contributed by atoms with van der Waals surface area (Å²) in [7, 11) is 0. The van der Waals surface area contributed by atoms with E-state index in [1.54, 1.807) is 48.7 Å². The first-order valence-corrected chi connectivity index (χ1v) is 13.4. The van der Waals surface area contributed by atoms with Gasteiger partial charge in [-0.25, -0.2) is 15.0 Å². The molecule has 37 heavy (non-hydrogen) atoms. The Balaban J connectivity index is 1.35. The number of hydrazone groups is 1. The van der Waals surface area contributed by atoms with Crippen LogP contribution in [-0.4, -0.2) is 36.6 Å². The highest BCUT2D eigenvalue weighted by Gasteiger charge is 2.30. The molecule has 9 nitrogen and oxygen atoms in total. The molecule has 2 heterocycles. The Bertz CT molecular complexity index is 1330. The topological polar surface area (TPSA) is 123 Å². The average Bonchev–Trinajstić information content (AvgIpc) is 3.53. The fourth-order valence-corrected chi connectivity index (χ4v) is 5.80. The summed E-state index contributed by atoms with van der Waals surface area (Å²) >= 11 is 2.59. The average molecular weight is 540 g/mol. The highest BCUT2D eigenvalue weighted by molar-refractivity contribution is 7.17. The molecule has 192 valence electrons. The van der Waals surface area contributed by atoms with Crippen molar-refractivity contribution < 1.29 is 28.7 Å². The molecule has 1 atom stereocenters. The number of hydrogen-bond acceptors (Lipinski definition) is 9. The largest absolute Gasteiger partial charge is 0.462 e. The fraction of sp³-hybridized carbons (Fsp3) is 0.269. The number of nitrogens with zero attached hydrogens (tertiary/aromatic N) is 1. The molecule has 2 aromatic heterocycles. The summed E-state index contributed by atoms with van der Waals surface area (Å²) in [6, 6.07) is 9.93. The highest BCUT2D eigenvalue weighted by Crippen LogP contribution is 2.40. The van der Waals surface area contributed by atoms with Crippen LogP contribution in [0.1, 0.15) is 56.3 Å². The molecule has 0 bridgehead atoms. The normalized spacial score (nSPS) is 14.6. The Morgan fingerprint density at radius 2 is 1.89 bits per heavy atom. The number of fused-ring (bicyclic) bond motifs is 1. The van der Waals surface area contributed by atoms with Crippen LogP contribution >= 0.6 is 22.7 Å². The van der Waals surface area contributed by atoms with Gasteiger partial charge in [-0.3, -0.25) is 9.59 Å². The number of thiophene rings is 2. The van der Waals surface area contributed by atoms with Crippen molar-refractivity contribution in [2.75, 3.05) is 11.9 Å². The van der Waals surface area contributed by atoms with Gasteiger partial charge in [-0.2, -0.15) is 5.10 Å². The fourth-order valence-electron chi connectivity index (χ4n) is 3.81. The molecule has 2 N–H and O–H groups in total. The summed E-state index contributed by atoms with van der Waals surface area (Å²) in [4.78, 5) is 51.0. The van der Waals surface area contributed by atoms with Crippen LogP contribution in [0.25, 0.3) is 0 Å². The Morgan fingerprint density at radius 1 is 1.11 bits per heavy atom. The van der Waals surface area contributed by atoms with Gasteiger partial charge < -0.3 is 14.8 Å². The molecule has 0 radical (unpaired) electrons. The van der Waals surface area contributed by atoms with Gasteiger partial charge in [0.1, 0.15) is 15.6 Å². The van der Waals surface area contributed by atoms with E-state index in [0.29, 0.717) is 32.7 Å². The minimum atomic E-state index is -0.979. The first kappa shape index (κ1) is 26.2. The maximum atomic E-state index is 12.6. The Kier molecular flexibility index (Phi) is 8.47. The van der Waals surface area contributed by atoms with Gasteiger partial charge in [-0.1, -0.05) is 13.0 Å². The SMILES string of the molecule is CCOC(=O)c1c(NC(=O)C(=O)N/N=C\c2ccc(OC(=O)c3cccs3)cc2)sc2c1CC[C@@H](C)C2. The maximum absolute atomic E-state index is 12.6. The van der Waals surface area contributed by atoms with Gasteiger partial charge in [-0.15, -0.1) is 22.7 Å². The first-order chi connectivity index (χ1) is 17.9. The minimum Gasteiger partial charge on any atom is -0.462 e. The predicted molar refractivity (Wildman–Crippen MR) is 142 cm³/mol. The van der Waals surface area contributed by atoms with Crippen molar-refractivity contribution in [3.63, 3.8) is 0 Å². The summed E-state index contributed by atoms with van der Waals surface area (Å²) in [5.74, 6) is -2.03. The van der Waals surface area contributed by atoms with Gasteiger partial charge in [0.15, 0.2) is 0 Å². The van der Waals surface area contributed by atoms with Gasteiger partial charge in [0.05, 0.1) is 18.4 Å². The molecular formula is C26H25N3O6S2. The molecule has 4 rings (SSSR count). The van der Waals surface area contributed by atoms with Crippen molar-refractivity contribution in [1.29, 1.82) is 0 Å². The standard InChI is InChI=1S/C26H25N3O6S2/c1-3-34-26(33)21-18-11-6-15(2)13-20(18)37-24(21)28-22(30)23(31)29-27-14-16-7-9-17(10-8-16)35-25(32)19-5-4-12-36-19/h4-5,7-10,12,14-15H,3,6,11,13H2,1-2H3,(H,28,30)(H,29,31)/b27-14-/t15-/m1/s1. The van der Waals surface area contributed by atoms with E-state index in [9.17, 15) is 19.2 Å². The number of nitrogens with one attached hydrogen (secondary N) is 2. The molecule has 0 saturated heterocycles. The number of benzene rings is 1. The monoisotopic (exact) mass is 539 g/mol. The summed E-state index contributed by atoms with van der Waals surface area (Å²) in [5, 5.41) is 8.47. The van der Waals surface area contributed by atoms with E-state index in [1.165, 1.54) is 28.9 Å². The van der Waals surface area contributed by atoms with E-state index in [0.717, 1.165) is 29.7 Å². The Labute approximate surface area is 221 Å². The van der Waals surface area contributed by atoms with Crippen molar-refractivity contribution in [2.45, 2.75) is 33.1 Å². The number of ether oxygens (including phenoxy) is 2. The second-order valence-electron chi connectivity index (χ2n) is 8.37. The van der Waals surface area contributed by atoms with Crippen LogP contribution in [0.2, 0.25) is 0 Å². The lowest BCUT2D eigenvalue weighted by atomic mass is 9.88. The molecule has 0 unspecified atom stereocenters. The first-order valence-electron chi connectivity index (χ1n) is 11.7. The van der Waals surface area contributed by atoms with Crippen molar-refractivity contribution >= 4 is 57.6 Å². The van der Waals surface area contributed by atoms with Gasteiger partial charge in [0.25, 0.3) is 0 Å². The van der Waals surface area contributed by atoms with Crippen molar-refractivity contribution in [3.8, 4) is 5.75 Å². The zero-order valence-electron chi connectivity index (χ0n) is 20.2. The summed E-state index contributed by atoms with van der Waals surface area (Å²) in [6.45, 7) is 4.07. The molecule has 1 aromatic carbocycles. The van der Waals surface area contributed by atoms with E-state index in [-0.39, 0.29) is 6.61 Å². The summed E-state index contributed by atoms with van der Waals surface area (Å²) in [6.07, 6.45) is 3.83. The second-order valence-corrected chi connectivity index (χ2v) is 10.4. The van der Waals surface area contributed by atoms with Gasteiger partial charge in [0.2, 0.25) is 0 Å². The molecule has 0 spiro atoms. The number of rotatable bonds is 7. The molecular weight excluding hydrogens is 514 g/mol. The number of anilines is 1. The number of hydrogen-bond donors (Lipinski definition) is 2. The van der Waals surface area contributed by atoms with Crippen molar-refractivity contribution in [2.24, 2.45) is 11.0 Å². The van der Waals surface area contributed by atoms with Crippen LogP contribution in [0.15, 0.2) is 46.9 Å². The highest BCUT2D eigenvalue weighted by atomic mass is 32.1. The smallest absolute Gasteiger partial charge is 0.353 e. The third-order valence-electron chi connectivity index (χ3n) is 5.62. The molecule has 1 aliphatic rings. The van der Waals surface area contributed by atoms with Crippen molar-refractivity contribution in [1.82, 2.24) is 5.43 Å². The summed E-state index contributed by atoms with van der Waals surface area (Å²) in [5.41, 5.74) is 4.01. The third kappa shape index (κ3) is 6.49. The van der Waals surface area contributed by atoms with E-state index in [4.69, 9.17) is 9.47 Å². The summed E-state index contributed by atoms with van der Waals surface area (Å²) < 4.78 is 10.5. The number of carbonyl (C=O) groups excluding carboxylic acids is 4. The van der Waals surface area contributed by atoms with Crippen LogP contribution in [-0.2, 0) is 27.2 Å². The number of amides is 2. The van der Waals surface area contributed by atoms with E-state index >= 15 is 0 Å². The zero-order valence-corrected chi connectivity index (χ0v) is 21.9. The molecule has 1 aliphatic carbocycles. The van der Waals surface area contributed by atoms with E-state index in [2.05, 4.69) is 22.8 Å². The lowest BCUT2D eigenvalue weighted by Gasteiger charge is -2.18. The lowest BCUT2D eigenvalue weighted by Crippen LogP contribution is -2.32. The molecule has 2 amide bonds.